The molecule has 0 radical (unpaired) electrons. The summed E-state index contributed by atoms with van der Waals surface area (Å²) < 4.78 is 1.44. The van der Waals surface area contributed by atoms with Crippen molar-refractivity contribution in [3.05, 3.63) is 95.8 Å². The number of amides is 17. The van der Waals surface area contributed by atoms with Crippen molar-refractivity contribution < 1.29 is 102 Å². The molecule has 5 aromatic rings. The van der Waals surface area contributed by atoms with Gasteiger partial charge >= 0.3 is 5.97 Å². The summed E-state index contributed by atoms with van der Waals surface area (Å²) >= 11 is 0.793. The van der Waals surface area contributed by atoms with E-state index in [0.29, 0.717) is 64.2 Å². The number of unbranched alkanes of at least 4 members (excludes halogenated alkanes) is 2. The zero-order chi connectivity index (χ0) is 97.5. The Hall–Kier alpha value is -12.8. The monoisotopic (exact) mass is 1870 g/mol. The quantitative estimate of drug-likeness (QED) is 0.0307. The molecule has 133 heavy (non-hydrogen) atoms. The van der Waals surface area contributed by atoms with Crippen LogP contribution in [0.4, 0.5) is 5.69 Å². The minimum atomic E-state index is -1.80. The summed E-state index contributed by atoms with van der Waals surface area (Å²) in [6.07, 6.45) is 0.990. The van der Waals surface area contributed by atoms with Crippen molar-refractivity contribution in [1.82, 2.24) is 82.3 Å². The van der Waals surface area contributed by atoms with Gasteiger partial charge in [-0.1, -0.05) is 110 Å². The van der Waals surface area contributed by atoms with Crippen molar-refractivity contribution in [1.29, 1.82) is 0 Å². The molecule has 0 spiro atoms. The molecule has 4 aliphatic rings. The number of H-pyrrole nitrogens is 1. The molecule has 0 saturated carbocycles. The Morgan fingerprint density at radius 3 is 1.83 bits per heavy atom. The highest BCUT2D eigenvalue weighted by molar-refractivity contribution is 8.00. The van der Waals surface area contributed by atoms with Gasteiger partial charge in [-0.3, -0.25) is 91.2 Å². The van der Waals surface area contributed by atoms with Crippen molar-refractivity contribution >= 4 is 146 Å². The lowest BCUT2D eigenvalue weighted by molar-refractivity contribution is -0.149. The maximum Gasteiger partial charge on any atom is 0.323 e. The number of para-hydroxylation sites is 2. The lowest BCUT2D eigenvalue weighted by Gasteiger charge is -2.38. The van der Waals surface area contributed by atoms with E-state index in [1.54, 1.807) is 82.4 Å². The summed E-state index contributed by atoms with van der Waals surface area (Å²) in [6, 6.07) is -3.87. The minimum Gasteiger partial charge on any atom is -0.508 e. The number of benzene rings is 3. The number of aromatic hydroxyl groups is 1. The molecule has 3 aromatic carbocycles. The highest BCUT2D eigenvalue weighted by atomic mass is 32.2. The molecule has 2 bridgehead atoms. The standard InChI is InChI=1S/C90H127N21O21S/c1-10-12-22-68-83(125)99-59(31-47(3)4)80(122)105-66(78(120)96-41-74(94)115)45-133-46-75(116)97-63-33-50-26-27-53(112)36-71(50)111(89(63)131)49(7)77(119)101-64(38-73(93)114)87(129)109-30-18-25-69(109)84(126)104-65(39-92)82(124)102-61(32-48(5)6)88(130)110-43-54(113)37-72(110)85(127)100-60(34-51-40-95-57-21-16-14-19-55(51)57)81(123)98-58(28-29-91)79(121)103-62(86(128)107(9)70(23-13-11-2)90(132)106(68)8)35-52-42-108(44-76(117)118)67-24-17-15-20-56(52)67/h14-17,19-21,24,26-27,36,40,42,47-49,54,58-66,68-70,72,95,112-113H,10-13,18,22-23,25,28-35,37-39,41,43-46,91-92H2,1-9H3,(H2,93,114)(H2,94,115)(H,96,120)(H,97,116)(H,98,123)(H,99,125)(H,100,127)(H,101,119)(H,102,124)(H,103,121)(H,104,126)(H,105,122)(H,117,118)/t49-,54+,58-,59-,60-,61-,62-,63-,64-,65-,66-,68-,69-,70-,72-/m0/s1. The first-order valence-corrected chi connectivity index (χ1v) is 46.2. The van der Waals surface area contributed by atoms with Crippen LogP contribution in [-0.4, -0.2) is 300 Å². The number of thioether (sulfide) groups is 1. The van der Waals surface area contributed by atoms with Crippen LogP contribution in [0.5, 0.6) is 5.75 Å². The van der Waals surface area contributed by atoms with E-state index in [9.17, 15) is 68.1 Å². The Morgan fingerprint density at radius 1 is 0.586 bits per heavy atom. The number of aromatic amines is 1. The topological polar surface area (TPSA) is 629 Å². The number of hydrogen-bond acceptors (Lipinski definition) is 23. The number of aliphatic hydroxyl groups is 1. The number of carbonyl (C=O) groups excluding carboxylic acids is 17. The highest BCUT2D eigenvalue weighted by Gasteiger charge is 2.48. The number of nitrogens with one attached hydrogen (secondary N) is 11. The number of rotatable bonds is 24. The number of nitrogens with two attached hydrogens (primary N) is 4. The van der Waals surface area contributed by atoms with E-state index in [1.807, 2.05) is 13.8 Å². The molecular weight excluding hydrogens is 1740 g/mol. The van der Waals surface area contributed by atoms with Crippen molar-refractivity contribution in [2.75, 3.05) is 63.2 Å². The number of aromatic nitrogens is 2. The van der Waals surface area contributed by atoms with E-state index in [2.05, 4.69) is 58.2 Å². The van der Waals surface area contributed by atoms with Gasteiger partial charge in [0, 0.05) is 105 Å². The number of phenols is 1. The molecule has 2 aromatic heterocycles. The third kappa shape index (κ3) is 27.2. The molecule has 9 rings (SSSR count). The molecule has 0 unspecified atom stereocenters. The SMILES string of the molecule is CCCC[C@H]1C(=O)N(C)[C@@H](CCCC)C(=O)N[C@@H](CC(C)C)C(=O)N[C@H](C(=O)NCC(N)=O)CSCC(=O)N[C@H]2Cc3ccc(O)cc3N(C2=O)[C@@H](C)C(=O)N[C@@H](CC(N)=O)C(=O)N2CCC[C@H]2C(=O)N[C@@H](CN)C(=O)N[C@@H](CC(C)C)C(=O)N2C[C@H](O)C[C@H]2C(=O)N[C@@H](Cc2c[nH]c3ccccc23)C(=O)N[C@@H](CCN)C(=O)N[C@@H](Cc2cn(CC(=O)O)c3ccccc23)C(=O)N1C. The van der Waals surface area contributed by atoms with E-state index in [-0.39, 0.29) is 107 Å². The van der Waals surface area contributed by atoms with Crippen LogP contribution in [0.25, 0.3) is 21.8 Å². The van der Waals surface area contributed by atoms with Crippen LogP contribution < -0.4 is 81.0 Å². The van der Waals surface area contributed by atoms with Crippen molar-refractivity contribution in [3.63, 3.8) is 0 Å². The average Bonchev–Trinajstić information content (AvgIpc) is 1.74. The van der Waals surface area contributed by atoms with E-state index in [1.165, 1.54) is 54.9 Å². The third-order valence-electron chi connectivity index (χ3n) is 24.1. The Balaban J connectivity index is 1.10. The van der Waals surface area contributed by atoms with Crippen LogP contribution in [0.15, 0.2) is 79.1 Å². The van der Waals surface area contributed by atoms with Crippen LogP contribution in [0.3, 0.4) is 0 Å². The van der Waals surface area contributed by atoms with E-state index < -0.39 is 241 Å². The molecule has 724 valence electrons. The van der Waals surface area contributed by atoms with Crippen molar-refractivity contribution in [3.8, 4) is 5.75 Å². The van der Waals surface area contributed by atoms with Gasteiger partial charge in [-0.15, -0.1) is 11.8 Å². The molecule has 42 nitrogen and oxygen atoms in total. The summed E-state index contributed by atoms with van der Waals surface area (Å²) in [6.45, 7) is 9.24. The molecule has 0 aliphatic carbocycles. The molecule has 3 fully saturated rings. The molecule has 17 amide bonds. The van der Waals surface area contributed by atoms with Gasteiger partial charge in [-0.2, -0.15) is 0 Å². The number of carbonyl (C=O) groups is 18. The Labute approximate surface area is 773 Å². The van der Waals surface area contributed by atoms with Crippen LogP contribution in [0.2, 0.25) is 0 Å². The summed E-state index contributed by atoms with van der Waals surface area (Å²) in [5.74, 6) is -19.0. The van der Waals surface area contributed by atoms with Crippen LogP contribution in [-0.2, 0) is 112 Å². The van der Waals surface area contributed by atoms with Gasteiger partial charge in [0.15, 0.2) is 0 Å². The van der Waals surface area contributed by atoms with E-state index in [4.69, 9.17) is 22.9 Å². The van der Waals surface area contributed by atoms with Gasteiger partial charge in [0.2, 0.25) is 94.5 Å². The van der Waals surface area contributed by atoms with Gasteiger partial charge in [0.25, 0.3) is 5.91 Å². The first-order chi connectivity index (χ1) is 63.2. The summed E-state index contributed by atoms with van der Waals surface area (Å²) in [5.41, 5.74) is 25.9. The lowest BCUT2D eigenvalue weighted by Crippen LogP contribution is -2.62. The molecule has 22 N–H and O–H groups in total. The highest BCUT2D eigenvalue weighted by Crippen LogP contribution is 2.35. The first-order valence-electron chi connectivity index (χ1n) is 45.0. The van der Waals surface area contributed by atoms with E-state index >= 15 is 33.6 Å². The second-order valence-electron chi connectivity index (χ2n) is 35.2. The minimum absolute atomic E-state index is 0.00538. The lowest BCUT2D eigenvalue weighted by atomic mass is 9.95. The fraction of sp³-hybridized carbons (Fsp3) is 0.556. The molecule has 3 saturated heterocycles. The smallest absolute Gasteiger partial charge is 0.323 e. The number of phenolic OH excluding ortho intramolecular Hbond substituents is 1. The summed E-state index contributed by atoms with van der Waals surface area (Å²) in [4.78, 5) is 271. The zero-order valence-electron chi connectivity index (χ0n) is 76.4. The predicted octanol–water partition coefficient (Wildman–Crippen LogP) is -2.35. The molecule has 15 atom stereocenters. The van der Waals surface area contributed by atoms with Crippen LogP contribution in [0, 0.1) is 11.8 Å². The number of carboxylic acid groups (broad SMARTS) is 1. The predicted molar refractivity (Wildman–Crippen MR) is 489 cm³/mol. The number of aliphatic carboxylic acids is 1. The number of likely N-dealkylation sites (N-methyl/N-ethyl adjacent to an activating group) is 2. The summed E-state index contributed by atoms with van der Waals surface area (Å²) in [5, 5.41) is 60.0. The normalized spacial score (nSPS) is 25.3. The molecule has 4 aliphatic heterocycles. The number of carboxylic acids is 1. The molecular formula is C90H127N21O21S. The third-order valence-corrected chi connectivity index (χ3v) is 25.2. The maximum absolute atomic E-state index is 15.9. The summed E-state index contributed by atoms with van der Waals surface area (Å²) in [7, 11) is 2.70. The fourth-order valence-corrected chi connectivity index (χ4v) is 18.2. The zero-order valence-corrected chi connectivity index (χ0v) is 77.2. The second kappa shape index (κ2) is 48.1. The first kappa shape index (κ1) is 104. The van der Waals surface area contributed by atoms with Gasteiger partial charge in [0.05, 0.1) is 30.5 Å². The molecule has 43 heteroatoms. The Bertz CT molecular complexity index is 5120. The van der Waals surface area contributed by atoms with Gasteiger partial charge in [-0.25, -0.2) is 0 Å². The Morgan fingerprint density at radius 2 is 1.17 bits per heavy atom. The number of fused-ring (bicyclic) bond motifs is 8. The largest absolute Gasteiger partial charge is 0.508 e. The number of nitrogens with zero attached hydrogens (tertiary/aromatic N) is 6. The Kier molecular flexibility index (Phi) is 37.6. The van der Waals surface area contributed by atoms with Gasteiger partial charge < -0.3 is 121 Å². The van der Waals surface area contributed by atoms with Gasteiger partial charge in [0.1, 0.15) is 96.9 Å². The van der Waals surface area contributed by atoms with Crippen LogP contribution >= 0.6 is 11.8 Å². The average molecular weight is 1870 g/mol. The number of primary amides is 2. The second-order valence-corrected chi connectivity index (χ2v) is 36.2. The van der Waals surface area contributed by atoms with Crippen molar-refractivity contribution in [2.45, 2.75) is 248 Å². The van der Waals surface area contributed by atoms with Crippen LogP contribution in [0.1, 0.15) is 149 Å². The fourth-order valence-electron chi connectivity index (χ4n) is 17.3. The number of hydrogen-bond donors (Lipinski definition) is 18. The van der Waals surface area contributed by atoms with E-state index in [0.717, 1.165) is 31.4 Å². The van der Waals surface area contributed by atoms with Crippen molar-refractivity contribution in [2.24, 2.45) is 34.8 Å². The van der Waals surface area contributed by atoms with Gasteiger partial charge in [-0.05, 0) is 105 Å². The number of anilines is 1. The molecule has 6 heterocycles. The number of aliphatic hydroxyl groups excluding tert-OH is 1. The maximum atomic E-state index is 15.9.